The molecule has 0 saturated heterocycles. The van der Waals surface area contributed by atoms with Crippen molar-refractivity contribution in [3.63, 3.8) is 0 Å². The second-order valence-corrected chi connectivity index (χ2v) is 8.64. The van der Waals surface area contributed by atoms with Crippen molar-refractivity contribution in [2.24, 2.45) is 0 Å². The van der Waals surface area contributed by atoms with Crippen LogP contribution in [0.5, 0.6) is 5.75 Å². The van der Waals surface area contributed by atoms with Crippen LogP contribution in [0.4, 0.5) is 5.13 Å². The summed E-state index contributed by atoms with van der Waals surface area (Å²) < 4.78 is 7.56. The molecule has 5 rings (SSSR count). The van der Waals surface area contributed by atoms with Crippen molar-refractivity contribution in [2.45, 2.75) is 26.4 Å². The number of anilines is 1. The van der Waals surface area contributed by atoms with E-state index in [0.29, 0.717) is 0 Å². The van der Waals surface area contributed by atoms with E-state index < -0.39 is 0 Å². The Morgan fingerprint density at radius 2 is 2.18 bits per heavy atom. The number of fused-ring (bicyclic) bond motifs is 1. The number of aryl methyl sites for hydroxylation is 1. The standard InChI is InChI=1S/C21H20N4OS2/c1-14-20(18-4-7-25(24-18)12-16-6-9-27-13-16)28-21(23-14)22-11-15-2-3-19-17(10-15)5-8-26-19/h2-4,6-7,9-10,13H,5,8,11-12H2,1H3,(H,22,23). The third-order valence-electron chi connectivity index (χ3n) is 4.79. The van der Waals surface area contributed by atoms with Gasteiger partial charge >= 0.3 is 0 Å². The lowest BCUT2D eigenvalue weighted by molar-refractivity contribution is 0.357. The van der Waals surface area contributed by atoms with Gasteiger partial charge in [0.2, 0.25) is 0 Å². The van der Waals surface area contributed by atoms with Crippen LogP contribution in [0, 0.1) is 6.92 Å². The van der Waals surface area contributed by atoms with E-state index in [4.69, 9.17) is 14.8 Å². The van der Waals surface area contributed by atoms with Gasteiger partial charge in [0.15, 0.2) is 5.13 Å². The van der Waals surface area contributed by atoms with E-state index in [-0.39, 0.29) is 0 Å². The number of rotatable bonds is 6. The number of hydrogen-bond acceptors (Lipinski definition) is 6. The molecule has 0 unspecified atom stereocenters. The minimum Gasteiger partial charge on any atom is -0.493 e. The molecule has 3 aromatic heterocycles. The van der Waals surface area contributed by atoms with Crippen molar-refractivity contribution in [3.8, 4) is 16.3 Å². The van der Waals surface area contributed by atoms with Gasteiger partial charge in [-0.05, 0) is 52.6 Å². The zero-order chi connectivity index (χ0) is 18.9. The van der Waals surface area contributed by atoms with Crippen molar-refractivity contribution in [1.82, 2.24) is 14.8 Å². The van der Waals surface area contributed by atoms with Gasteiger partial charge in [-0.25, -0.2) is 4.98 Å². The minimum absolute atomic E-state index is 0.756. The smallest absolute Gasteiger partial charge is 0.183 e. The molecule has 1 N–H and O–H groups in total. The molecular formula is C21H20N4OS2. The Labute approximate surface area is 171 Å². The number of hydrogen-bond donors (Lipinski definition) is 1. The van der Waals surface area contributed by atoms with Gasteiger partial charge in [0.25, 0.3) is 0 Å². The Bertz CT molecular complexity index is 1100. The van der Waals surface area contributed by atoms with Crippen LogP contribution in [-0.4, -0.2) is 21.4 Å². The van der Waals surface area contributed by atoms with Crippen molar-refractivity contribution >= 4 is 27.8 Å². The van der Waals surface area contributed by atoms with E-state index in [0.717, 1.165) is 53.3 Å². The van der Waals surface area contributed by atoms with Crippen LogP contribution in [0.25, 0.3) is 10.6 Å². The highest BCUT2D eigenvalue weighted by molar-refractivity contribution is 7.19. The monoisotopic (exact) mass is 408 g/mol. The fraction of sp³-hybridized carbons (Fsp3) is 0.238. The Balaban J connectivity index is 1.28. The summed E-state index contributed by atoms with van der Waals surface area (Å²) in [5, 5.41) is 13.4. The first-order chi connectivity index (χ1) is 13.7. The first kappa shape index (κ1) is 17.5. The van der Waals surface area contributed by atoms with E-state index in [1.807, 2.05) is 17.8 Å². The molecule has 0 aliphatic carbocycles. The molecule has 1 aromatic carbocycles. The molecule has 7 heteroatoms. The molecule has 0 atom stereocenters. The Kier molecular flexibility index (Phi) is 4.62. The SMILES string of the molecule is Cc1nc(NCc2ccc3c(c2)CCO3)sc1-c1ccn(Cc2ccsc2)n1. The van der Waals surface area contributed by atoms with Crippen LogP contribution in [-0.2, 0) is 19.5 Å². The van der Waals surface area contributed by atoms with Crippen molar-refractivity contribution in [3.05, 3.63) is 69.7 Å². The molecule has 0 radical (unpaired) electrons. The molecule has 0 amide bonds. The zero-order valence-electron chi connectivity index (χ0n) is 15.5. The van der Waals surface area contributed by atoms with Gasteiger partial charge in [-0.2, -0.15) is 16.4 Å². The fourth-order valence-corrected chi connectivity index (χ4v) is 4.96. The average molecular weight is 409 g/mol. The summed E-state index contributed by atoms with van der Waals surface area (Å²) in [6, 6.07) is 10.6. The van der Waals surface area contributed by atoms with E-state index in [9.17, 15) is 0 Å². The molecule has 5 nitrogen and oxygen atoms in total. The highest BCUT2D eigenvalue weighted by Gasteiger charge is 2.14. The third kappa shape index (κ3) is 3.55. The number of benzene rings is 1. The summed E-state index contributed by atoms with van der Waals surface area (Å²) in [4.78, 5) is 5.81. The summed E-state index contributed by atoms with van der Waals surface area (Å²) in [5.74, 6) is 1.02. The largest absolute Gasteiger partial charge is 0.493 e. The predicted molar refractivity (Wildman–Crippen MR) is 114 cm³/mol. The fourth-order valence-electron chi connectivity index (χ4n) is 3.38. The molecule has 28 heavy (non-hydrogen) atoms. The molecule has 1 aliphatic heterocycles. The number of thiophene rings is 1. The van der Waals surface area contributed by atoms with Crippen molar-refractivity contribution < 1.29 is 4.74 Å². The average Bonchev–Trinajstić information content (AvgIpc) is 3.48. The molecule has 0 saturated carbocycles. The molecule has 1 aliphatic rings. The number of aromatic nitrogens is 3. The van der Waals surface area contributed by atoms with E-state index in [2.05, 4.69) is 46.4 Å². The number of nitrogens with zero attached hydrogens (tertiary/aromatic N) is 3. The lowest BCUT2D eigenvalue weighted by Gasteiger charge is -2.05. The van der Waals surface area contributed by atoms with Crippen LogP contribution in [0.15, 0.2) is 47.3 Å². The molecule has 4 aromatic rings. The molecule has 0 fully saturated rings. The molecule has 4 heterocycles. The summed E-state index contributed by atoms with van der Waals surface area (Å²) >= 11 is 3.37. The van der Waals surface area contributed by atoms with Crippen LogP contribution >= 0.6 is 22.7 Å². The summed E-state index contributed by atoms with van der Waals surface area (Å²) in [7, 11) is 0. The van der Waals surface area contributed by atoms with Crippen LogP contribution in [0.1, 0.15) is 22.4 Å². The van der Waals surface area contributed by atoms with E-state index >= 15 is 0 Å². The highest BCUT2D eigenvalue weighted by Crippen LogP contribution is 2.32. The maximum atomic E-state index is 5.58. The maximum absolute atomic E-state index is 5.58. The maximum Gasteiger partial charge on any atom is 0.183 e. The Morgan fingerprint density at radius 1 is 1.21 bits per heavy atom. The predicted octanol–water partition coefficient (Wildman–Crippen LogP) is 4.97. The molecular weight excluding hydrogens is 388 g/mol. The van der Waals surface area contributed by atoms with Gasteiger partial charge in [0.1, 0.15) is 11.4 Å². The van der Waals surface area contributed by atoms with Gasteiger partial charge in [0.05, 0.1) is 23.7 Å². The van der Waals surface area contributed by atoms with E-state index in [1.165, 1.54) is 16.7 Å². The summed E-state index contributed by atoms with van der Waals surface area (Å²) in [5.41, 5.74) is 5.82. The number of nitrogens with one attached hydrogen (secondary N) is 1. The molecule has 0 spiro atoms. The molecule has 0 bridgehead atoms. The second kappa shape index (κ2) is 7.41. The Hall–Kier alpha value is -2.64. The topological polar surface area (TPSA) is 52.0 Å². The number of thiazole rings is 1. The summed E-state index contributed by atoms with van der Waals surface area (Å²) in [6.45, 7) is 4.39. The van der Waals surface area contributed by atoms with Gasteiger partial charge in [-0.15, -0.1) is 0 Å². The normalized spacial score (nSPS) is 12.8. The summed E-state index contributed by atoms with van der Waals surface area (Å²) in [6.07, 6.45) is 3.03. The van der Waals surface area contributed by atoms with E-state index in [1.54, 1.807) is 22.7 Å². The van der Waals surface area contributed by atoms with Gasteiger partial charge in [0, 0.05) is 19.2 Å². The van der Waals surface area contributed by atoms with Crippen LogP contribution in [0.3, 0.4) is 0 Å². The molecule has 142 valence electrons. The van der Waals surface area contributed by atoms with Crippen LogP contribution in [0.2, 0.25) is 0 Å². The van der Waals surface area contributed by atoms with Gasteiger partial charge in [-0.3, -0.25) is 4.68 Å². The van der Waals surface area contributed by atoms with Crippen LogP contribution < -0.4 is 10.1 Å². The second-order valence-electron chi connectivity index (χ2n) is 6.86. The third-order valence-corrected chi connectivity index (χ3v) is 6.66. The zero-order valence-corrected chi connectivity index (χ0v) is 17.1. The van der Waals surface area contributed by atoms with Gasteiger partial charge < -0.3 is 10.1 Å². The lowest BCUT2D eigenvalue weighted by Crippen LogP contribution is -1.99. The first-order valence-corrected chi connectivity index (χ1v) is 11.0. The van der Waals surface area contributed by atoms with Crippen molar-refractivity contribution in [2.75, 3.05) is 11.9 Å². The number of ether oxygens (including phenoxy) is 1. The van der Waals surface area contributed by atoms with Crippen molar-refractivity contribution in [1.29, 1.82) is 0 Å². The highest BCUT2D eigenvalue weighted by atomic mass is 32.1. The minimum atomic E-state index is 0.756. The van der Waals surface area contributed by atoms with Gasteiger partial charge in [-0.1, -0.05) is 23.5 Å². The Morgan fingerprint density at radius 3 is 3.07 bits per heavy atom. The quantitative estimate of drug-likeness (QED) is 0.489. The first-order valence-electron chi connectivity index (χ1n) is 9.25. The lowest BCUT2D eigenvalue weighted by atomic mass is 10.1.